The normalized spacial score (nSPS) is 12.4. The van der Waals surface area contributed by atoms with Gasteiger partial charge in [-0.1, -0.05) is 20.8 Å². The maximum absolute atomic E-state index is 5.03. The number of fused-ring (bicyclic) bond motifs is 3. The van der Waals surface area contributed by atoms with E-state index in [1.54, 1.807) is 0 Å². The van der Waals surface area contributed by atoms with Crippen LogP contribution in [0.15, 0.2) is 0 Å². The summed E-state index contributed by atoms with van der Waals surface area (Å²) in [6.07, 6.45) is 0. The molecular formula is C23H30N2. The molecule has 0 spiro atoms. The molecule has 0 atom stereocenters. The monoisotopic (exact) mass is 334 g/mol. The first-order valence-electron chi connectivity index (χ1n) is 9.14. The second-order valence-corrected chi connectivity index (χ2v) is 8.59. The van der Waals surface area contributed by atoms with E-state index >= 15 is 0 Å². The van der Waals surface area contributed by atoms with Gasteiger partial charge in [-0.25, -0.2) is 0 Å². The van der Waals surface area contributed by atoms with Crippen LogP contribution in [0.5, 0.6) is 0 Å². The highest BCUT2D eigenvalue weighted by Crippen LogP contribution is 2.41. The lowest BCUT2D eigenvalue weighted by Gasteiger charge is -2.28. The number of nitrogens with zero attached hydrogens (tertiary/aromatic N) is 2. The van der Waals surface area contributed by atoms with E-state index < -0.39 is 0 Å². The third-order valence-electron chi connectivity index (χ3n) is 5.97. The van der Waals surface area contributed by atoms with Crippen LogP contribution in [0.25, 0.3) is 21.8 Å². The molecule has 0 N–H and O–H groups in total. The highest BCUT2D eigenvalue weighted by atomic mass is 14.8. The van der Waals surface area contributed by atoms with Gasteiger partial charge in [0.15, 0.2) is 0 Å². The fourth-order valence-electron chi connectivity index (χ4n) is 4.25. The van der Waals surface area contributed by atoms with Crippen molar-refractivity contribution in [3.05, 3.63) is 44.8 Å². The Morgan fingerprint density at radius 3 is 1.36 bits per heavy atom. The summed E-state index contributed by atoms with van der Waals surface area (Å²) in [6, 6.07) is 0. The summed E-state index contributed by atoms with van der Waals surface area (Å²) in [7, 11) is 0. The highest BCUT2D eigenvalue weighted by molar-refractivity contribution is 6.09. The van der Waals surface area contributed by atoms with Gasteiger partial charge in [0.25, 0.3) is 0 Å². The van der Waals surface area contributed by atoms with Crippen LogP contribution in [0.3, 0.4) is 0 Å². The third kappa shape index (κ3) is 2.46. The van der Waals surface area contributed by atoms with Gasteiger partial charge in [0.2, 0.25) is 0 Å². The second-order valence-electron chi connectivity index (χ2n) is 8.59. The minimum Gasteiger partial charge on any atom is -0.251 e. The van der Waals surface area contributed by atoms with Gasteiger partial charge >= 0.3 is 0 Å². The molecule has 25 heavy (non-hydrogen) atoms. The molecule has 3 aromatic rings. The molecule has 0 bridgehead atoms. The van der Waals surface area contributed by atoms with Crippen molar-refractivity contribution in [1.82, 2.24) is 9.97 Å². The molecule has 0 saturated heterocycles. The molecule has 1 aromatic carbocycles. The Morgan fingerprint density at radius 2 is 0.920 bits per heavy atom. The topological polar surface area (TPSA) is 25.8 Å². The van der Waals surface area contributed by atoms with Crippen molar-refractivity contribution in [2.75, 3.05) is 0 Å². The van der Waals surface area contributed by atoms with Gasteiger partial charge in [0.05, 0.1) is 11.0 Å². The Kier molecular flexibility index (Phi) is 3.94. The molecule has 0 aliphatic heterocycles. The first kappa shape index (κ1) is 17.8. The molecule has 3 rings (SSSR count). The lowest BCUT2D eigenvalue weighted by atomic mass is 9.78. The van der Waals surface area contributed by atoms with Crippen LogP contribution in [-0.2, 0) is 5.41 Å². The summed E-state index contributed by atoms with van der Waals surface area (Å²) in [4.78, 5) is 10.0. The molecule has 0 aliphatic rings. The van der Waals surface area contributed by atoms with E-state index in [-0.39, 0.29) is 5.41 Å². The van der Waals surface area contributed by atoms with E-state index in [1.165, 1.54) is 44.2 Å². The molecule has 2 heterocycles. The lowest BCUT2D eigenvalue weighted by Crippen LogP contribution is -2.16. The quantitative estimate of drug-likeness (QED) is 0.455. The standard InChI is InChI=1S/C23H30N2/c1-11-13(3)18-15(5)20(23(8,9)10)19-14(4)12(2)17(7)25-22(19)21(18)24-16(11)6/h1-10H3. The summed E-state index contributed by atoms with van der Waals surface area (Å²) >= 11 is 0. The predicted octanol–water partition coefficient (Wildman–Crippen LogP) is 6.24. The van der Waals surface area contributed by atoms with Crippen molar-refractivity contribution < 1.29 is 0 Å². The molecule has 0 aliphatic carbocycles. The average Bonchev–Trinajstić information content (AvgIpc) is 2.50. The van der Waals surface area contributed by atoms with Gasteiger partial charge < -0.3 is 0 Å². The maximum Gasteiger partial charge on any atom is 0.0974 e. The van der Waals surface area contributed by atoms with Crippen LogP contribution in [-0.4, -0.2) is 9.97 Å². The van der Waals surface area contributed by atoms with Gasteiger partial charge in [-0.05, 0) is 87.3 Å². The summed E-state index contributed by atoms with van der Waals surface area (Å²) < 4.78 is 0. The van der Waals surface area contributed by atoms with E-state index in [9.17, 15) is 0 Å². The molecule has 0 radical (unpaired) electrons. The van der Waals surface area contributed by atoms with E-state index in [4.69, 9.17) is 9.97 Å². The fourth-order valence-corrected chi connectivity index (χ4v) is 4.25. The minimum atomic E-state index is 0.0515. The van der Waals surface area contributed by atoms with Crippen LogP contribution in [0.4, 0.5) is 0 Å². The van der Waals surface area contributed by atoms with Crippen LogP contribution >= 0.6 is 0 Å². The number of hydrogen-bond donors (Lipinski definition) is 0. The Bertz CT molecular complexity index is 1030. The van der Waals surface area contributed by atoms with Crippen LogP contribution in [0.2, 0.25) is 0 Å². The molecule has 2 nitrogen and oxygen atoms in total. The van der Waals surface area contributed by atoms with Gasteiger partial charge in [0.1, 0.15) is 0 Å². The molecule has 0 amide bonds. The van der Waals surface area contributed by atoms with Crippen molar-refractivity contribution in [2.24, 2.45) is 0 Å². The molecule has 2 heteroatoms. The summed E-state index contributed by atoms with van der Waals surface area (Å²) in [6.45, 7) is 22.2. The van der Waals surface area contributed by atoms with Gasteiger partial charge in [-0.3, -0.25) is 9.97 Å². The number of rotatable bonds is 0. The lowest BCUT2D eigenvalue weighted by molar-refractivity contribution is 0.592. The smallest absolute Gasteiger partial charge is 0.0974 e. The largest absolute Gasteiger partial charge is 0.251 e. The van der Waals surface area contributed by atoms with Gasteiger partial charge in [-0.2, -0.15) is 0 Å². The number of aromatic nitrogens is 2. The number of benzene rings is 1. The zero-order chi connectivity index (χ0) is 18.8. The molecule has 2 aromatic heterocycles. The van der Waals surface area contributed by atoms with Crippen molar-refractivity contribution in [1.29, 1.82) is 0 Å². The third-order valence-corrected chi connectivity index (χ3v) is 5.97. The Morgan fingerprint density at radius 1 is 0.520 bits per heavy atom. The van der Waals surface area contributed by atoms with E-state index in [1.807, 2.05) is 0 Å². The maximum atomic E-state index is 5.03. The van der Waals surface area contributed by atoms with Crippen molar-refractivity contribution in [3.63, 3.8) is 0 Å². The van der Waals surface area contributed by atoms with E-state index in [2.05, 4.69) is 69.2 Å². The minimum absolute atomic E-state index is 0.0515. The summed E-state index contributed by atoms with van der Waals surface area (Å²) in [5, 5.41) is 2.59. The first-order valence-corrected chi connectivity index (χ1v) is 9.14. The highest BCUT2D eigenvalue weighted by Gasteiger charge is 2.26. The predicted molar refractivity (Wildman–Crippen MR) is 109 cm³/mol. The van der Waals surface area contributed by atoms with Crippen molar-refractivity contribution in [2.45, 2.75) is 74.7 Å². The van der Waals surface area contributed by atoms with Crippen molar-refractivity contribution in [3.8, 4) is 0 Å². The summed E-state index contributed by atoms with van der Waals surface area (Å²) in [5.74, 6) is 0. The van der Waals surface area contributed by atoms with Crippen LogP contribution in [0.1, 0.15) is 65.5 Å². The van der Waals surface area contributed by atoms with Crippen molar-refractivity contribution >= 4 is 21.8 Å². The van der Waals surface area contributed by atoms with E-state index in [0.29, 0.717) is 0 Å². The number of aryl methyl sites for hydroxylation is 5. The second kappa shape index (κ2) is 5.52. The zero-order valence-corrected chi connectivity index (χ0v) is 17.4. The van der Waals surface area contributed by atoms with Gasteiger partial charge in [0, 0.05) is 22.2 Å². The Balaban J connectivity index is 2.79. The molecule has 0 saturated carbocycles. The molecule has 0 fully saturated rings. The van der Waals surface area contributed by atoms with Gasteiger partial charge in [-0.15, -0.1) is 0 Å². The average molecular weight is 335 g/mol. The Hall–Kier alpha value is -1.96. The number of pyridine rings is 2. The van der Waals surface area contributed by atoms with Crippen LogP contribution < -0.4 is 0 Å². The molecule has 132 valence electrons. The zero-order valence-electron chi connectivity index (χ0n) is 17.4. The molecular weight excluding hydrogens is 304 g/mol. The van der Waals surface area contributed by atoms with E-state index in [0.717, 1.165) is 22.4 Å². The SMILES string of the molecule is Cc1nc2c(c(C)c1C)c(C)c(C(C)(C)C)c1c(C)c(C)c(C)nc12. The molecule has 0 unspecified atom stereocenters. The fraction of sp³-hybridized carbons (Fsp3) is 0.478. The van der Waals surface area contributed by atoms with Crippen LogP contribution in [0, 0.1) is 48.5 Å². The Labute approximate surface area is 151 Å². The summed E-state index contributed by atoms with van der Waals surface area (Å²) in [5.41, 5.74) is 12.4. The first-order chi connectivity index (χ1) is 11.5. The number of hydrogen-bond acceptors (Lipinski definition) is 2.